The molecule has 3 aromatic carbocycles. The van der Waals surface area contributed by atoms with Crippen molar-refractivity contribution in [1.82, 2.24) is 4.90 Å². The molecular formula is C24H23NO2. The summed E-state index contributed by atoms with van der Waals surface area (Å²) in [5.74, 6) is 0.380. The minimum Gasteiger partial charge on any atom is -0.342 e. The lowest BCUT2D eigenvalue weighted by atomic mass is 9.88. The van der Waals surface area contributed by atoms with E-state index in [0.717, 1.165) is 29.4 Å². The first-order valence-corrected chi connectivity index (χ1v) is 9.55. The molecular weight excluding hydrogens is 334 g/mol. The summed E-state index contributed by atoms with van der Waals surface area (Å²) in [6.07, 6.45) is 1.91. The minimum absolute atomic E-state index is 0.0251. The number of carbonyl (C=O) groups excluding carboxylic acids is 2. The molecule has 0 N–H and O–H groups in total. The van der Waals surface area contributed by atoms with Gasteiger partial charge in [0.2, 0.25) is 5.91 Å². The molecule has 0 spiro atoms. The first-order chi connectivity index (χ1) is 13.2. The van der Waals surface area contributed by atoms with Crippen molar-refractivity contribution in [1.29, 1.82) is 0 Å². The van der Waals surface area contributed by atoms with Crippen molar-refractivity contribution in [3.05, 3.63) is 83.9 Å². The summed E-state index contributed by atoms with van der Waals surface area (Å²) >= 11 is 0. The van der Waals surface area contributed by atoms with E-state index in [0.29, 0.717) is 19.5 Å². The van der Waals surface area contributed by atoms with Gasteiger partial charge in [0, 0.05) is 24.6 Å². The Balaban J connectivity index is 1.36. The van der Waals surface area contributed by atoms with E-state index in [4.69, 9.17) is 0 Å². The molecule has 1 aliphatic heterocycles. The third-order valence-electron chi connectivity index (χ3n) is 5.45. The molecule has 1 saturated heterocycles. The molecule has 0 aromatic heterocycles. The van der Waals surface area contributed by atoms with Crippen LogP contribution in [0, 0.1) is 5.92 Å². The first-order valence-electron chi connectivity index (χ1n) is 9.55. The van der Waals surface area contributed by atoms with Crippen LogP contribution in [0.5, 0.6) is 0 Å². The molecule has 4 rings (SSSR count). The van der Waals surface area contributed by atoms with Crippen LogP contribution in [0.3, 0.4) is 0 Å². The van der Waals surface area contributed by atoms with E-state index in [1.54, 1.807) is 0 Å². The summed E-state index contributed by atoms with van der Waals surface area (Å²) < 4.78 is 0. The fourth-order valence-corrected chi connectivity index (χ4v) is 3.86. The number of ketones is 1. The molecule has 1 heterocycles. The van der Waals surface area contributed by atoms with Crippen LogP contribution < -0.4 is 0 Å². The first kappa shape index (κ1) is 17.5. The molecule has 0 saturated carbocycles. The van der Waals surface area contributed by atoms with Crippen LogP contribution in [0.15, 0.2) is 72.8 Å². The number of amides is 1. The maximum absolute atomic E-state index is 12.7. The highest BCUT2D eigenvalue weighted by Crippen LogP contribution is 2.23. The van der Waals surface area contributed by atoms with Gasteiger partial charge >= 0.3 is 0 Å². The number of likely N-dealkylation sites (tertiary alicyclic amines) is 1. The largest absolute Gasteiger partial charge is 0.342 e. The molecule has 0 unspecified atom stereocenters. The number of fused-ring (bicyclic) bond motifs is 1. The lowest BCUT2D eigenvalue weighted by Crippen LogP contribution is -2.41. The SMILES string of the molecule is O=C(c1ccccc1)C1CCN(C(=O)Cc2ccc3ccccc3c2)CC1. The second-order valence-corrected chi connectivity index (χ2v) is 7.24. The van der Waals surface area contributed by atoms with Crippen molar-refractivity contribution in [2.75, 3.05) is 13.1 Å². The van der Waals surface area contributed by atoms with Crippen molar-refractivity contribution in [2.45, 2.75) is 19.3 Å². The van der Waals surface area contributed by atoms with Gasteiger partial charge in [0.25, 0.3) is 0 Å². The monoisotopic (exact) mass is 357 g/mol. The van der Waals surface area contributed by atoms with E-state index in [1.165, 1.54) is 5.39 Å². The van der Waals surface area contributed by atoms with Gasteiger partial charge in [-0.1, -0.05) is 72.8 Å². The van der Waals surface area contributed by atoms with E-state index in [2.05, 4.69) is 24.3 Å². The molecule has 0 atom stereocenters. The standard InChI is InChI=1S/C24H23NO2/c26-23(17-18-10-11-19-6-4-5-9-22(19)16-18)25-14-12-21(13-15-25)24(27)20-7-2-1-3-8-20/h1-11,16,21H,12-15,17H2. The molecule has 1 fully saturated rings. The highest BCUT2D eigenvalue weighted by molar-refractivity contribution is 5.98. The second kappa shape index (κ2) is 7.75. The predicted molar refractivity (Wildman–Crippen MR) is 108 cm³/mol. The maximum Gasteiger partial charge on any atom is 0.226 e. The molecule has 1 amide bonds. The van der Waals surface area contributed by atoms with Gasteiger partial charge in [-0.2, -0.15) is 0 Å². The van der Waals surface area contributed by atoms with Crippen LogP contribution in [-0.2, 0) is 11.2 Å². The molecule has 0 aliphatic carbocycles. The van der Waals surface area contributed by atoms with Crippen LogP contribution in [0.2, 0.25) is 0 Å². The topological polar surface area (TPSA) is 37.4 Å². The number of nitrogens with zero attached hydrogens (tertiary/aromatic N) is 1. The van der Waals surface area contributed by atoms with E-state index in [1.807, 2.05) is 53.4 Å². The number of rotatable bonds is 4. The van der Waals surface area contributed by atoms with E-state index in [9.17, 15) is 9.59 Å². The van der Waals surface area contributed by atoms with Crippen molar-refractivity contribution in [3.8, 4) is 0 Å². The Hall–Kier alpha value is -2.94. The summed E-state index contributed by atoms with van der Waals surface area (Å²) in [6, 6.07) is 23.9. The lowest BCUT2D eigenvalue weighted by Gasteiger charge is -2.31. The van der Waals surface area contributed by atoms with Crippen LogP contribution in [-0.4, -0.2) is 29.7 Å². The van der Waals surface area contributed by atoms with Gasteiger partial charge in [0.1, 0.15) is 0 Å². The zero-order valence-electron chi connectivity index (χ0n) is 15.3. The van der Waals surface area contributed by atoms with Gasteiger partial charge < -0.3 is 4.90 Å². The van der Waals surface area contributed by atoms with Crippen LogP contribution in [0.1, 0.15) is 28.8 Å². The molecule has 27 heavy (non-hydrogen) atoms. The van der Waals surface area contributed by atoms with Crippen molar-refractivity contribution < 1.29 is 9.59 Å². The Bertz CT molecular complexity index is 956. The van der Waals surface area contributed by atoms with Gasteiger partial charge in [-0.05, 0) is 29.2 Å². The number of Topliss-reactive ketones (excluding diaryl/α,β-unsaturated/α-hetero) is 1. The molecule has 3 aromatic rings. The molecule has 1 aliphatic rings. The normalized spacial score (nSPS) is 15.0. The average molecular weight is 357 g/mol. The molecule has 0 radical (unpaired) electrons. The third kappa shape index (κ3) is 3.92. The van der Waals surface area contributed by atoms with Crippen LogP contribution >= 0.6 is 0 Å². The predicted octanol–water partition coefficient (Wildman–Crippen LogP) is 4.50. The van der Waals surface area contributed by atoms with Gasteiger partial charge in [0.15, 0.2) is 5.78 Å². The zero-order valence-corrected chi connectivity index (χ0v) is 15.3. The highest BCUT2D eigenvalue weighted by Gasteiger charge is 2.27. The Morgan fingerprint density at radius 3 is 2.22 bits per heavy atom. The molecule has 3 nitrogen and oxygen atoms in total. The van der Waals surface area contributed by atoms with Crippen molar-refractivity contribution in [2.24, 2.45) is 5.92 Å². The van der Waals surface area contributed by atoms with Gasteiger partial charge in [-0.15, -0.1) is 0 Å². The summed E-state index contributed by atoms with van der Waals surface area (Å²) in [7, 11) is 0. The second-order valence-electron chi connectivity index (χ2n) is 7.24. The fraction of sp³-hybridized carbons (Fsp3) is 0.250. The number of piperidine rings is 1. The number of benzene rings is 3. The summed E-state index contributed by atoms with van der Waals surface area (Å²) in [4.78, 5) is 27.2. The van der Waals surface area contributed by atoms with Crippen molar-refractivity contribution in [3.63, 3.8) is 0 Å². The zero-order chi connectivity index (χ0) is 18.6. The smallest absolute Gasteiger partial charge is 0.226 e. The number of hydrogen-bond acceptors (Lipinski definition) is 2. The minimum atomic E-state index is 0.0251. The third-order valence-corrected chi connectivity index (χ3v) is 5.45. The molecule has 3 heteroatoms. The summed E-state index contributed by atoms with van der Waals surface area (Å²) in [6.45, 7) is 1.32. The number of carbonyl (C=O) groups is 2. The van der Waals surface area contributed by atoms with Gasteiger partial charge in [-0.25, -0.2) is 0 Å². The Labute approximate surface area is 159 Å². The Kier molecular flexibility index (Phi) is 5.01. The van der Waals surface area contributed by atoms with Crippen LogP contribution in [0.4, 0.5) is 0 Å². The average Bonchev–Trinajstić information content (AvgIpc) is 2.74. The van der Waals surface area contributed by atoms with Gasteiger partial charge in [-0.3, -0.25) is 9.59 Å². The van der Waals surface area contributed by atoms with E-state index < -0.39 is 0 Å². The van der Waals surface area contributed by atoms with E-state index in [-0.39, 0.29) is 17.6 Å². The highest BCUT2D eigenvalue weighted by atomic mass is 16.2. The van der Waals surface area contributed by atoms with Crippen LogP contribution in [0.25, 0.3) is 10.8 Å². The quantitative estimate of drug-likeness (QED) is 0.645. The fourth-order valence-electron chi connectivity index (χ4n) is 3.86. The molecule has 0 bridgehead atoms. The maximum atomic E-state index is 12.7. The number of hydrogen-bond donors (Lipinski definition) is 0. The summed E-state index contributed by atoms with van der Waals surface area (Å²) in [5, 5.41) is 2.35. The van der Waals surface area contributed by atoms with Gasteiger partial charge in [0.05, 0.1) is 6.42 Å². The lowest BCUT2D eigenvalue weighted by molar-refractivity contribution is -0.131. The van der Waals surface area contributed by atoms with Crippen molar-refractivity contribution >= 4 is 22.5 Å². The molecule has 136 valence electrons. The summed E-state index contributed by atoms with van der Waals surface area (Å²) in [5.41, 5.74) is 1.82. The van der Waals surface area contributed by atoms with E-state index >= 15 is 0 Å². The Morgan fingerprint density at radius 2 is 1.48 bits per heavy atom. The Morgan fingerprint density at radius 1 is 0.815 bits per heavy atom.